The van der Waals surface area contributed by atoms with Crippen LogP contribution in [0.4, 0.5) is 0 Å². The van der Waals surface area contributed by atoms with Gasteiger partial charge in [-0.2, -0.15) is 0 Å². The number of imidazole rings is 1. The molecule has 1 N–H and O–H groups in total. The molecule has 0 amide bonds. The Morgan fingerprint density at radius 3 is 2.71 bits per heavy atom. The molecule has 0 aliphatic heterocycles. The number of aromatic nitrogens is 2. The summed E-state index contributed by atoms with van der Waals surface area (Å²) >= 11 is 5.73. The third-order valence-corrected chi connectivity index (χ3v) is 3.48. The van der Waals surface area contributed by atoms with E-state index >= 15 is 0 Å². The molecule has 0 atom stereocenters. The largest absolute Gasteiger partial charge is 0.345 e. The molecule has 0 saturated heterocycles. The van der Waals surface area contributed by atoms with Gasteiger partial charge >= 0.3 is 0 Å². The van der Waals surface area contributed by atoms with Crippen molar-refractivity contribution in [1.82, 2.24) is 9.97 Å². The number of nitrogens with zero attached hydrogens (tertiary/aromatic N) is 1. The van der Waals surface area contributed by atoms with Crippen LogP contribution in [0, 0.1) is 5.92 Å². The van der Waals surface area contributed by atoms with Gasteiger partial charge in [0.05, 0.1) is 5.88 Å². The van der Waals surface area contributed by atoms with Gasteiger partial charge in [0.1, 0.15) is 5.82 Å². The molecule has 0 spiro atoms. The van der Waals surface area contributed by atoms with E-state index in [1.165, 1.54) is 25.7 Å². The summed E-state index contributed by atoms with van der Waals surface area (Å²) in [5.41, 5.74) is 1.04. The Morgan fingerprint density at radius 2 is 2.14 bits per heavy atom. The average molecular weight is 213 g/mol. The number of rotatable bonds is 2. The Morgan fingerprint density at radius 1 is 1.43 bits per heavy atom. The van der Waals surface area contributed by atoms with Crippen LogP contribution in [0.1, 0.15) is 50.0 Å². The van der Waals surface area contributed by atoms with Crippen LogP contribution in [-0.4, -0.2) is 9.97 Å². The van der Waals surface area contributed by atoms with Gasteiger partial charge in [0, 0.05) is 17.8 Å². The highest BCUT2D eigenvalue weighted by Gasteiger charge is 2.21. The molecule has 1 aliphatic carbocycles. The highest BCUT2D eigenvalue weighted by Crippen LogP contribution is 2.33. The summed E-state index contributed by atoms with van der Waals surface area (Å²) in [4.78, 5) is 7.70. The van der Waals surface area contributed by atoms with Crippen LogP contribution in [0.5, 0.6) is 0 Å². The Labute approximate surface area is 90.1 Å². The summed E-state index contributed by atoms with van der Waals surface area (Å²) in [6.45, 7) is 2.34. The Bertz CT molecular complexity index is 287. The van der Waals surface area contributed by atoms with Crippen molar-refractivity contribution in [3.63, 3.8) is 0 Å². The van der Waals surface area contributed by atoms with Crippen LogP contribution in [-0.2, 0) is 5.88 Å². The van der Waals surface area contributed by atoms with Crippen molar-refractivity contribution >= 4 is 11.6 Å². The maximum Gasteiger partial charge on any atom is 0.109 e. The molecule has 1 aromatic heterocycles. The first-order valence-corrected chi connectivity index (χ1v) is 5.92. The Kier molecular flexibility index (Phi) is 3.12. The van der Waals surface area contributed by atoms with E-state index in [0.29, 0.717) is 11.8 Å². The van der Waals surface area contributed by atoms with Crippen molar-refractivity contribution in [2.24, 2.45) is 5.92 Å². The average Bonchev–Trinajstić information content (AvgIpc) is 2.67. The molecule has 3 heteroatoms. The van der Waals surface area contributed by atoms with E-state index in [-0.39, 0.29) is 0 Å². The lowest BCUT2D eigenvalue weighted by molar-refractivity contribution is 0.340. The lowest BCUT2D eigenvalue weighted by atomic mass is 9.83. The molecule has 0 unspecified atom stereocenters. The number of hydrogen-bond acceptors (Lipinski definition) is 1. The van der Waals surface area contributed by atoms with Gasteiger partial charge in [-0.15, -0.1) is 11.6 Å². The van der Waals surface area contributed by atoms with Crippen LogP contribution >= 0.6 is 11.6 Å². The van der Waals surface area contributed by atoms with E-state index in [1.54, 1.807) is 0 Å². The number of hydrogen-bond donors (Lipinski definition) is 1. The fourth-order valence-electron chi connectivity index (χ4n) is 2.19. The van der Waals surface area contributed by atoms with Crippen molar-refractivity contribution in [3.8, 4) is 0 Å². The molecule has 1 aromatic rings. The number of alkyl halides is 1. The van der Waals surface area contributed by atoms with Gasteiger partial charge in [0.25, 0.3) is 0 Å². The fraction of sp³-hybridized carbons (Fsp3) is 0.727. The third kappa shape index (κ3) is 2.11. The second kappa shape index (κ2) is 4.35. The van der Waals surface area contributed by atoms with E-state index < -0.39 is 0 Å². The molecule has 0 radical (unpaired) electrons. The first-order chi connectivity index (χ1) is 6.79. The monoisotopic (exact) mass is 212 g/mol. The molecule has 1 aliphatic rings. The summed E-state index contributed by atoms with van der Waals surface area (Å²) in [6.07, 6.45) is 7.08. The molecule has 2 rings (SSSR count). The second-order valence-electron chi connectivity index (χ2n) is 4.38. The molecule has 1 heterocycles. The van der Waals surface area contributed by atoms with Gasteiger partial charge in [-0.25, -0.2) is 4.98 Å². The lowest BCUT2D eigenvalue weighted by Crippen LogP contribution is -2.11. The zero-order valence-corrected chi connectivity index (χ0v) is 9.35. The van der Waals surface area contributed by atoms with E-state index in [2.05, 4.69) is 16.9 Å². The van der Waals surface area contributed by atoms with Crippen LogP contribution in [0.2, 0.25) is 0 Å². The maximum atomic E-state index is 5.73. The topological polar surface area (TPSA) is 28.7 Å². The van der Waals surface area contributed by atoms with Crippen LogP contribution < -0.4 is 0 Å². The molecule has 14 heavy (non-hydrogen) atoms. The van der Waals surface area contributed by atoms with Gasteiger partial charge in [-0.1, -0.05) is 19.8 Å². The summed E-state index contributed by atoms with van der Waals surface area (Å²) in [5, 5.41) is 0. The third-order valence-electron chi connectivity index (χ3n) is 3.19. The first-order valence-electron chi connectivity index (χ1n) is 5.39. The molecule has 1 saturated carbocycles. The molecular weight excluding hydrogens is 196 g/mol. The highest BCUT2D eigenvalue weighted by molar-refractivity contribution is 6.16. The number of H-pyrrole nitrogens is 1. The standard InChI is InChI=1S/C11H17ClN2/c1-8-2-4-9(5-3-8)11-13-7-10(6-12)14-11/h7-9H,2-6H2,1H3,(H,13,14). The van der Waals surface area contributed by atoms with E-state index in [4.69, 9.17) is 11.6 Å². The molecule has 0 bridgehead atoms. The minimum Gasteiger partial charge on any atom is -0.345 e. The smallest absolute Gasteiger partial charge is 0.109 e. The second-order valence-corrected chi connectivity index (χ2v) is 4.65. The van der Waals surface area contributed by atoms with Crippen molar-refractivity contribution in [3.05, 3.63) is 17.7 Å². The molecular formula is C11H17ClN2. The molecule has 0 aromatic carbocycles. The van der Waals surface area contributed by atoms with Crippen molar-refractivity contribution in [1.29, 1.82) is 0 Å². The summed E-state index contributed by atoms with van der Waals surface area (Å²) < 4.78 is 0. The highest BCUT2D eigenvalue weighted by atomic mass is 35.5. The zero-order valence-electron chi connectivity index (χ0n) is 8.59. The first kappa shape index (κ1) is 10.0. The predicted molar refractivity (Wildman–Crippen MR) is 58.5 cm³/mol. The molecule has 78 valence electrons. The molecule has 1 fully saturated rings. The van der Waals surface area contributed by atoms with Gasteiger partial charge in [-0.3, -0.25) is 0 Å². The Hall–Kier alpha value is -0.500. The van der Waals surface area contributed by atoms with Gasteiger partial charge < -0.3 is 4.98 Å². The van der Waals surface area contributed by atoms with E-state index in [1.807, 2.05) is 6.20 Å². The lowest BCUT2D eigenvalue weighted by Gasteiger charge is -2.24. The Balaban J connectivity index is 2.01. The number of aromatic amines is 1. The van der Waals surface area contributed by atoms with E-state index in [0.717, 1.165) is 17.4 Å². The van der Waals surface area contributed by atoms with Gasteiger partial charge in [0.15, 0.2) is 0 Å². The van der Waals surface area contributed by atoms with Crippen molar-refractivity contribution in [2.75, 3.05) is 0 Å². The predicted octanol–water partition coefficient (Wildman–Crippen LogP) is 3.44. The quantitative estimate of drug-likeness (QED) is 0.748. The zero-order chi connectivity index (χ0) is 9.97. The van der Waals surface area contributed by atoms with Gasteiger partial charge in [0.2, 0.25) is 0 Å². The SMILES string of the molecule is CC1CCC(c2ncc(CCl)[nH]2)CC1. The maximum absolute atomic E-state index is 5.73. The number of halogens is 1. The van der Waals surface area contributed by atoms with E-state index in [9.17, 15) is 0 Å². The van der Waals surface area contributed by atoms with Crippen LogP contribution in [0.15, 0.2) is 6.20 Å². The molecule has 2 nitrogen and oxygen atoms in total. The fourth-order valence-corrected chi connectivity index (χ4v) is 2.32. The summed E-state index contributed by atoms with van der Waals surface area (Å²) in [5.74, 6) is 3.22. The van der Waals surface area contributed by atoms with Crippen LogP contribution in [0.3, 0.4) is 0 Å². The normalized spacial score (nSPS) is 27.9. The minimum atomic E-state index is 0.538. The number of nitrogens with one attached hydrogen (secondary N) is 1. The van der Waals surface area contributed by atoms with Gasteiger partial charge in [-0.05, 0) is 18.8 Å². The summed E-state index contributed by atoms with van der Waals surface area (Å²) in [7, 11) is 0. The van der Waals surface area contributed by atoms with Crippen molar-refractivity contribution in [2.45, 2.75) is 44.4 Å². The summed E-state index contributed by atoms with van der Waals surface area (Å²) in [6, 6.07) is 0. The van der Waals surface area contributed by atoms with Crippen molar-refractivity contribution < 1.29 is 0 Å². The van der Waals surface area contributed by atoms with Crippen LogP contribution in [0.25, 0.3) is 0 Å². The minimum absolute atomic E-state index is 0.538.